The van der Waals surface area contributed by atoms with Crippen LogP contribution in [0.25, 0.3) is 0 Å². The number of nitrogens with zero attached hydrogens (tertiary/aromatic N) is 1. The third kappa shape index (κ3) is 4.33. The molecule has 1 saturated carbocycles. The maximum atomic E-state index is 12.0. The zero-order chi connectivity index (χ0) is 13.4. The first-order valence-electron chi connectivity index (χ1n) is 7.42. The molecule has 2 atom stereocenters. The minimum Gasteiger partial charge on any atom is -0.352 e. The zero-order valence-corrected chi connectivity index (χ0v) is 11.7. The molecule has 0 aromatic carbocycles. The quantitative estimate of drug-likeness (QED) is 0.785. The molecule has 1 N–H and O–H groups in total. The number of rotatable bonds is 6. The van der Waals surface area contributed by atoms with Crippen LogP contribution >= 0.6 is 0 Å². The molecule has 0 radical (unpaired) electrons. The van der Waals surface area contributed by atoms with E-state index in [-0.39, 0.29) is 11.9 Å². The maximum absolute atomic E-state index is 12.0. The van der Waals surface area contributed by atoms with Crippen molar-refractivity contribution < 1.29 is 4.79 Å². The lowest BCUT2D eigenvalue weighted by atomic mass is 9.82. The summed E-state index contributed by atoms with van der Waals surface area (Å²) in [5.74, 6) is 0.0954. The summed E-state index contributed by atoms with van der Waals surface area (Å²) < 4.78 is 0. The number of nitrogens with one attached hydrogen (secondary N) is 1. The molecule has 3 nitrogen and oxygen atoms in total. The van der Waals surface area contributed by atoms with E-state index in [9.17, 15) is 4.79 Å². The average molecular weight is 250 g/mol. The normalized spacial score (nSPS) is 19.8. The van der Waals surface area contributed by atoms with E-state index < -0.39 is 5.92 Å². The summed E-state index contributed by atoms with van der Waals surface area (Å²) in [6.45, 7) is 4.14. The molecule has 0 aromatic heterocycles. The van der Waals surface area contributed by atoms with Crippen LogP contribution in [0.1, 0.15) is 65.2 Å². The van der Waals surface area contributed by atoms with Crippen molar-refractivity contribution in [3.8, 4) is 6.07 Å². The minimum absolute atomic E-state index is 0.0585. The third-order valence-corrected chi connectivity index (χ3v) is 4.04. The van der Waals surface area contributed by atoms with Crippen LogP contribution in [0.5, 0.6) is 0 Å². The van der Waals surface area contributed by atoms with E-state index in [1.54, 1.807) is 0 Å². The predicted octanol–water partition coefficient (Wildman–Crippen LogP) is 3.40. The second-order valence-electron chi connectivity index (χ2n) is 5.39. The lowest BCUT2D eigenvalue weighted by Gasteiger charge is -2.30. The average Bonchev–Trinajstić information content (AvgIpc) is 2.42. The zero-order valence-electron chi connectivity index (χ0n) is 11.7. The van der Waals surface area contributed by atoms with Crippen molar-refractivity contribution in [2.24, 2.45) is 11.8 Å². The van der Waals surface area contributed by atoms with Gasteiger partial charge in [0.15, 0.2) is 0 Å². The predicted molar refractivity (Wildman–Crippen MR) is 72.8 cm³/mol. The number of carbonyl (C=O) groups excluding carboxylic acids is 1. The number of nitriles is 1. The van der Waals surface area contributed by atoms with Crippen LogP contribution < -0.4 is 5.32 Å². The van der Waals surface area contributed by atoms with Gasteiger partial charge >= 0.3 is 0 Å². The maximum Gasteiger partial charge on any atom is 0.237 e. The molecule has 3 heteroatoms. The molecule has 0 saturated heterocycles. The van der Waals surface area contributed by atoms with Crippen LogP contribution in [-0.2, 0) is 4.79 Å². The van der Waals surface area contributed by atoms with Crippen molar-refractivity contribution in [3.63, 3.8) is 0 Å². The van der Waals surface area contributed by atoms with E-state index in [0.29, 0.717) is 12.3 Å². The van der Waals surface area contributed by atoms with Crippen molar-refractivity contribution in [2.45, 2.75) is 71.3 Å². The van der Waals surface area contributed by atoms with Gasteiger partial charge in [0.1, 0.15) is 5.92 Å². The Morgan fingerprint density at radius 3 is 2.50 bits per heavy atom. The molecule has 1 fully saturated rings. The minimum atomic E-state index is -0.465. The topological polar surface area (TPSA) is 52.9 Å². The fraction of sp³-hybridized carbons (Fsp3) is 0.867. The largest absolute Gasteiger partial charge is 0.352 e. The van der Waals surface area contributed by atoms with Crippen molar-refractivity contribution in [1.29, 1.82) is 5.26 Å². The molecule has 1 amide bonds. The van der Waals surface area contributed by atoms with E-state index in [1.807, 2.05) is 6.92 Å². The summed E-state index contributed by atoms with van der Waals surface area (Å²) in [5, 5.41) is 12.1. The summed E-state index contributed by atoms with van der Waals surface area (Å²) >= 11 is 0. The van der Waals surface area contributed by atoms with E-state index >= 15 is 0 Å². The van der Waals surface area contributed by atoms with Gasteiger partial charge in [-0.15, -0.1) is 0 Å². The number of carbonyl (C=O) groups is 1. The van der Waals surface area contributed by atoms with Crippen LogP contribution in [0.4, 0.5) is 0 Å². The molecule has 102 valence electrons. The van der Waals surface area contributed by atoms with Gasteiger partial charge in [0, 0.05) is 6.04 Å². The molecule has 0 aliphatic heterocycles. The van der Waals surface area contributed by atoms with Crippen molar-refractivity contribution >= 4 is 5.91 Å². The lowest BCUT2D eigenvalue weighted by Crippen LogP contribution is -2.43. The summed E-state index contributed by atoms with van der Waals surface area (Å²) in [6.07, 6.45) is 8.88. The number of amides is 1. The van der Waals surface area contributed by atoms with Crippen LogP contribution in [0.3, 0.4) is 0 Å². The molecule has 2 unspecified atom stereocenters. The summed E-state index contributed by atoms with van der Waals surface area (Å²) in [5.41, 5.74) is 0. The summed E-state index contributed by atoms with van der Waals surface area (Å²) in [4.78, 5) is 12.0. The monoisotopic (exact) mass is 250 g/mol. The Bertz CT molecular complexity index is 289. The van der Waals surface area contributed by atoms with Gasteiger partial charge in [-0.1, -0.05) is 39.5 Å². The van der Waals surface area contributed by atoms with Gasteiger partial charge in [-0.05, 0) is 31.6 Å². The van der Waals surface area contributed by atoms with E-state index in [0.717, 1.165) is 12.8 Å². The Hall–Kier alpha value is -1.04. The van der Waals surface area contributed by atoms with Crippen LogP contribution in [0.2, 0.25) is 0 Å². The Morgan fingerprint density at radius 2 is 2.00 bits per heavy atom. The first kappa shape index (κ1) is 15.0. The second-order valence-corrected chi connectivity index (χ2v) is 5.39. The van der Waals surface area contributed by atoms with Gasteiger partial charge in [0.2, 0.25) is 5.91 Å². The van der Waals surface area contributed by atoms with Gasteiger partial charge in [0.25, 0.3) is 0 Å². The molecule has 1 rings (SSSR count). The highest BCUT2D eigenvalue weighted by Crippen LogP contribution is 2.27. The standard InChI is InChI=1S/C15H26N2O/c1-3-8-13(11-16)15(18)17-14(4-2)12-9-6-5-7-10-12/h12-14H,3-10H2,1-2H3,(H,17,18). The van der Waals surface area contributed by atoms with Gasteiger partial charge < -0.3 is 5.32 Å². The van der Waals surface area contributed by atoms with Gasteiger partial charge in [0.05, 0.1) is 6.07 Å². The number of hydrogen-bond acceptors (Lipinski definition) is 2. The van der Waals surface area contributed by atoms with Gasteiger partial charge in [-0.25, -0.2) is 0 Å². The summed E-state index contributed by atoms with van der Waals surface area (Å²) in [6, 6.07) is 2.39. The second kappa shape index (κ2) is 8.13. The molecule has 0 bridgehead atoms. The van der Waals surface area contributed by atoms with Crippen molar-refractivity contribution in [1.82, 2.24) is 5.32 Å². The highest BCUT2D eigenvalue weighted by molar-refractivity contribution is 5.81. The van der Waals surface area contributed by atoms with Gasteiger partial charge in [-0.3, -0.25) is 4.79 Å². The lowest BCUT2D eigenvalue weighted by molar-refractivity contribution is -0.124. The molecule has 1 aliphatic rings. The van der Waals surface area contributed by atoms with Crippen LogP contribution in [-0.4, -0.2) is 11.9 Å². The molecule has 1 aliphatic carbocycles. The Morgan fingerprint density at radius 1 is 1.33 bits per heavy atom. The first-order valence-corrected chi connectivity index (χ1v) is 7.42. The van der Waals surface area contributed by atoms with Crippen molar-refractivity contribution in [3.05, 3.63) is 0 Å². The fourth-order valence-corrected chi connectivity index (χ4v) is 2.92. The highest BCUT2D eigenvalue weighted by Gasteiger charge is 2.26. The molecular weight excluding hydrogens is 224 g/mol. The van der Waals surface area contributed by atoms with Gasteiger partial charge in [-0.2, -0.15) is 5.26 Å². The molecule has 0 heterocycles. The summed E-state index contributed by atoms with van der Waals surface area (Å²) in [7, 11) is 0. The Balaban J connectivity index is 2.51. The van der Waals surface area contributed by atoms with E-state index in [1.165, 1.54) is 32.1 Å². The third-order valence-electron chi connectivity index (χ3n) is 4.04. The first-order chi connectivity index (χ1) is 8.72. The smallest absolute Gasteiger partial charge is 0.237 e. The molecule has 0 spiro atoms. The molecule has 0 aromatic rings. The fourth-order valence-electron chi connectivity index (χ4n) is 2.92. The Labute approximate surface area is 111 Å². The van der Waals surface area contributed by atoms with Crippen molar-refractivity contribution in [2.75, 3.05) is 0 Å². The highest BCUT2D eigenvalue weighted by atomic mass is 16.1. The SMILES string of the molecule is CCCC(C#N)C(=O)NC(CC)C1CCCCC1. The van der Waals surface area contributed by atoms with Crippen LogP contribution in [0.15, 0.2) is 0 Å². The van der Waals surface area contributed by atoms with E-state index in [2.05, 4.69) is 18.3 Å². The van der Waals surface area contributed by atoms with Crippen LogP contribution in [0, 0.1) is 23.2 Å². The Kier molecular flexibility index (Phi) is 6.78. The number of hydrogen-bond donors (Lipinski definition) is 1. The molecule has 18 heavy (non-hydrogen) atoms. The molecular formula is C15H26N2O. The van der Waals surface area contributed by atoms with E-state index in [4.69, 9.17) is 5.26 Å².